The fourth-order valence-electron chi connectivity index (χ4n) is 5.00. The molecule has 0 spiro atoms. The Labute approximate surface area is 230 Å². The molecule has 0 radical (unpaired) electrons. The monoisotopic (exact) mass is 528 g/mol. The molecule has 3 aromatic carbocycles. The lowest BCUT2D eigenvalue weighted by Gasteiger charge is -2.46. The minimum absolute atomic E-state index is 0.103. The van der Waals surface area contributed by atoms with E-state index in [9.17, 15) is 4.79 Å². The molecule has 2 bridgehead atoms. The molecule has 0 unspecified atom stereocenters. The first-order valence-electron chi connectivity index (χ1n) is 13.7. The Bertz CT molecular complexity index is 1170. The highest BCUT2D eigenvalue weighted by molar-refractivity contribution is 5.69. The van der Waals surface area contributed by atoms with Crippen molar-refractivity contribution >= 4 is 5.97 Å². The van der Waals surface area contributed by atoms with E-state index in [0.717, 1.165) is 16.7 Å². The molecule has 0 N–H and O–H groups in total. The minimum Gasteiger partial charge on any atom is -0.463 e. The minimum atomic E-state index is -0.511. The van der Waals surface area contributed by atoms with Crippen LogP contribution in [0.4, 0.5) is 0 Å². The van der Waals surface area contributed by atoms with Crippen LogP contribution in [0.3, 0.4) is 0 Å². The first kappa shape index (κ1) is 27.3. The van der Waals surface area contributed by atoms with Gasteiger partial charge in [-0.05, 0) is 29.5 Å². The van der Waals surface area contributed by atoms with Gasteiger partial charge in [-0.1, -0.05) is 103 Å². The number of cyclic esters (lactones) is 1. The van der Waals surface area contributed by atoms with Gasteiger partial charge in [0.05, 0.1) is 25.9 Å². The van der Waals surface area contributed by atoms with Crippen LogP contribution in [0.15, 0.2) is 103 Å². The number of carbonyl (C=O) groups is 1. The molecule has 0 aliphatic carbocycles. The van der Waals surface area contributed by atoms with Crippen molar-refractivity contribution < 1.29 is 28.5 Å². The van der Waals surface area contributed by atoms with Crippen molar-refractivity contribution in [3.05, 3.63) is 120 Å². The average molecular weight is 529 g/mol. The number of esters is 1. The second kappa shape index (κ2) is 14.2. The molecular formula is C33H36O6. The predicted octanol–water partition coefficient (Wildman–Crippen LogP) is 5.79. The number of allylic oxidation sites excluding steroid dienone is 1. The molecule has 6 nitrogen and oxygen atoms in total. The topological polar surface area (TPSA) is 63.2 Å². The summed E-state index contributed by atoms with van der Waals surface area (Å²) in [5.74, 6) is -0.243. The Morgan fingerprint density at radius 1 is 0.615 bits per heavy atom. The first-order chi connectivity index (χ1) is 19.3. The lowest BCUT2D eigenvalue weighted by molar-refractivity contribution is -0.270. The summed E-state index contributed by atoms with van der Waals surface area (Å²) in [6.07, 6.45) is 3.55. The van der Waals surface area contributed by atoms with Gasteiger partial charge in [-0.3, -0.25) is 4.79 Å². The van der Waals surface area contributed by atoms with E-state index in [2.05, 4.69) is 6.08 Å². The molecule has 3 aromatic rings. The van der Waals surface area contributed by atoms with Crippen LogP contribution in [0.25, 0.3) is 0 Å². The lowest BCUT2D eigenvalue weighted by Crippen LogP contribution is -2.61. The molecule has 6 heteroatoms. The van der Waals surface area contributed by atoms with Crippen LogP contribution in [0.5, 0.6) is 0 Å². The van der Waals surface area contributed by atoms with E-state index in [0.29, 0.717) is 39.1 Å². The van der Waals surface area contributed by atoms with E-state index in [-0.39, 0.29) is 18.7 Å². The van der Waals surface area contributed by atoms with Crippen molar-refractivity contribution in [1.29, 1.82) is 0 Å². The van der Waals surface area contributed by atoms with Gasteiger partial charge in [-0.2, -0.15) is 0 Å². The smallest absolute Gasteiger partial charge is 0.306 e. The van der Waals surface area contributed by atoms with Crippen molar-refractivity contribution in [1.82, 2.24) is 0 Å². The van der Waals surface area contributed by atoms with Gasteiger partial charge in [0.1, 0.15) is 31.0 Å². The largest absolute Gasteiger partial charge is 0.463 e. The fraction of sp³-hybridized carbons (Fsp3) is 0.364. The summed E-state index contributed by atoms with van der Waals surface area (Å²) < 4.78 is 32.0. The summed E-state index contributed by atoms with van der Waals surface area (Å²) in [4.78, 5) is 12.4. The number of fused-ring (bicyclic) bond motifs is 2. The van der Waals surface area contributed by atoms with Crippen LogP contribution in [-0.2, 0) is 48.3 Å². The quantitative estimate of drug-likeness (QED) is 0.259. The maximum atomic E-state index is 12.4. The van der Waals surface area contributed by atoms with Crippen molar-refractivity contribution in [2.24, 2.45) is 0 Å². The number of hydrogen-bond acceptors (Lipinski definition) is 6. The van der Waals surface area contributed by atoms with Gasteiger partial charge in [0.15, 0.2) is 0 Å². The molecule has 204 valence electrons. The molecule has 1 fully saturated rings. The van der Waals surface area contributed by atoms with Gasteiger partial charge in [-0.15, -0.1) is 0 Å². The number of rotatable bonds is 9. The van der Waals surface area contributed by atoms with Crippen molar-refractivity contribution in [2.45, 2.75) is 69.6 Å². The summed E-state index contributed by atoms with van der Waals surface area (Å²) in [6, 6.07) is 30.2. The Hall–Kier alpha value is -3.29. The van der Waals surface area contributed by atoms with Crippen molar-refractivity contribution in [2.75, 3.05) is 6.61 Å². The van der Waals surface area contributed by atoms with Crippen molar-refractivity contribution in [3.63, 3.8) is 0 Å². The molecule has 2 heterocycles. The summed E-state index contributed by atoms with van der Waals surface area (Å²) in [5.41, 5.74) is 3.18. The number of benzene rings is 3. The Morgan fingerprint density at radius 2 is 1.10 bits per heavy atom. The van der Waals surface area contributed by atoms with Crippen LogP contribution < -0.4 is 0 Å². The summed E-state index contributed by atoms with van der Waals surface area (Å²) in [6.45, 7) is 1.30. The first-order valence-corrected chi connectivity index (χ1v) is 13.7. The van der Waals surface area contributed by atoms with E-state index in [4.69, 9.17) is 23.7 Å². The van der Waals surface area contributed by atoms with Crippen LogP contribution in [-0.4, -0.2) is 43.1 Å². The Morgan fingerprint density at radius 3 is 1.64 bits per heavy atom. The average Bonchev–Trinajstić information content (AvgIpc) is 3.02. The number of hydrogen-bond donors (Lipinski definition) is 0. The Kier molecular flexibility index (Phi) is 9.93. The number of carbonyl (C=O) groups excluding carboxylic acids is 1. The SMILES string of the molecule is O=C1CC/C=C\C[C@H]2O[C@H](CO1)[C@H](OCc1ccccc1)[C@H](OCc1ccccc1)[C@H]2OCc1ccccc1. The van der Waals surface area contributed by atoms with E-state index in [1.54, 1.807) is 0 Å². The zero-order chi connectivity index (χ0) is 26.7. The van der Waals surface area contributed by atoms with Crippen LogP contribution in [0.2, 0.25) is 0 Å². The maximum Gasteiger partial charge on any atom is 0.306 e. The molecule has 5 rings (SSSR count). The van der Waals surface area contributed by atoms with Crippen LogP contribution in [0, 0.1) is 0 Å². The fourth-order valence-corrected chi connectivity index (χ4v) is 5.00. The van der Waals surface area contributed by atoms with E-state index in [1.807, 2.05) is 97.1 Å². The summed E-state index contributed by atoms with van der Waals surface area (Å²) >= 11 is 0. The highest BCUT2D eigenvalue weighted by atomic mass is 16.6. The van der Waals surface area contributed by atoms with E-state index >= 15 is 0 Å². The predicted molar refractivity (Wildman–Crippen MR) is 148 cm³/mol. The van der Waals surface area contributed by atoms with Crippen LogP contribution in [0.1, 0.15) is 36.0 Å². The molecule has 2 aliphatic rings. The molecule has 0 aromatic heterocycles. The van der Waals surface area contributed by atoms with Crippen molar-refractivity contribution in [3.8, 4) is 0 Å². The Balaban J connectivity index is 1.44. The molecule has 0 saturated carbocycles. The van der Waals surface area contributed by atoms with Crippen LogP contribution >= 0.6 is 0 Å². The lowest BCUT2D eigenvalue weighted by atomic mass is 9.92. The summed E-state index contributed by atoms with van der Waals surface area (Å²) in [5, 5.41) is 0. The van der Waals surface area contributed by atoms with Gasteiger partial charge in [0.2, 0.25) is 0 Å². The molecule has 2 aliphatic heterocycles. The summed E-state index contributed by atoms with van der Waals surface area (Å²) in [7, 11) is 0. The second-order valence-corrected chi connectivity index (χ2v) is 9.93. The number of ether oxygens (including phenoxy) is 5. The zero-order valence-corrected chi connectivity index (χ0v) is 22.1. The van der Waals surface area contributed by atoms with Gasteiger partial charge in [0.25, 0.3) is 0 Å². The maximum absolute atomic E-state index is 12.4. The molecule has 0 amide bonds. The third-order valence-electron chi connectivity index (χ3n) is 7.04. The molecule has 5 atom stereocenters. The molecular weight excluding hydrogens is 492 g/mol. The van der Waals surface area contributed by atoms with Gasteiger partial charge in [0, 0.05) is 6.42 Å². The van der Waals surface area contributed by atoms with Gasteiger partial charge >= 0.3 is 5.97 Å². The highest BCUT2D eigenvalue weighted by Crippen LogP contribution is 2.32. The third kappa shape index (κ3) is 7.87. The third-order valence-corrected chi connectivity index (χ3v) is 7.04. The highest BCUT2D eigenvalue weighted by Gasteiger charge is 2.48. The zero-order valence-electron chi connectivity index (χ0n) is 22.1. The molecule has 1 saturated heterocycles. The normalized spacial score (nSPS) is 26.3. The van der Waals surface area contributed by atoms with Gasteiger partial charge < -0.3 is 23.7 Å². The standard InChI is InChI=1S/C33H36O6/c34-30-20-12-4-11-19-28-31(36-21-25-13-5-1-6-14-25)33(38-23-27-17-9-3-10-18-27)32(29(39-28)24-35-30)37-22-26-15-7-2-8-16-26/h1-11,13-18,28-29,31-33H,12,19-24H2/b11-4-/t28-,29-,31+,32+,33-/m1/s1. The van der Waals surface area contributed by atoms with E-state index in [1.165, 1.54) is 0 Å². The second-order valence-electron chi connectivity index (χ2n) is 9.93. The van der Waals surface area contributed by atoms with Gasteiger partial charge in [-0.25, -0.2) is 0 Å². The van der Waals surface area contributed by atoms with E-state index < -0.39 is 24.4 Å². The molecule has 39 heavy (non-hydrogen) atoms.